The van der Waals surface area contributed by atoms with Gasteiger partial charge in [0, 0.05) is 18.3 Å². The molecule has 6 heteroatoms. The molecule has 0 fully saturated rings. The van der Waals surface area contributed by atoms with Crippen molar-refractivity contribution < 1.29 is 14.3 Å². The van der Waals surface area contributed by atoms with Gasteiger partial charge in [0.15, 0.2) is 5.78 Å². The smallest absolute Gasteiger partial charge is 0.407 e. The first-order valence-corrected chi connectivity index (χ1v) is 5.38. The number of imidazole rings is 1. The third-order valence-corrected chi connectivity index (χ3v) is 2.34. The average Bonchev–Trinajstić information content (AvgIpc) is 2.79. The van der Waals surface area contributed by atoms with Crippen molar-refractivity contribution >= 4 is 11.9 Å². The van der Waals surface area contributed by atoms with Gasteiger partial charge in [-0.05, 0) is 0 Å². The van der Waals surface area contributed by atoms with Crippen molar-refractivity contribution in [3.8, 4) is 0 Å². The lowest BCUT2D eigenvalue weighted by Crippen LogP contribution is -2.45. The van der Waals surface area contributed by atoms with E-state index in [1.807, 2.05) is 0 Å². The molecule has 1 rings (SSSR count). The van der Waals surface area contributed by atoms with Gasteiger partial charge in [-0.1, -0.05) is 13.8 Å². The highest BCUT2D eigenvalue weighted by Crippen LogP contribution is 2.03. The van der Waals surface area contributed by atoms with E-state index in [0.29, 0.717) is 6.54 Å². The number of hydrogen-bond acceptors (Lipinski definition) is 4. The number of alkyl carbamates (subject to hydrolysis) is 1. The molecule has 0 unspecified atom stereocenters. The maximum atomic E-state index is 11.9. The molecule has 0 saturated carbocycles. The Balaban J connectivity index is 2.71. The van der Waals surface area contributed by atoms with Crippen molar-refractivity contribution in [2.24, 2.45) is 5.92 Å². The number of ketones is 1. The van der Waals surface area contributed by atoms with Gasteiger partial charge in [0.25, 0.3) is 0 Å². The first-order chi connectivity index (χ1) is 8.04. The molecule has 1 atom stereocenters. The minimum absolute atomic E-state index is 0.0379. The minimum atomic E-state index is -0.607. The maximum absolute atomic E-state index is 11.9. The van der Waals surface area contributed by atoms with Gasteiger partial charge in [-0.2, -0.15) is 0 Å². The Morgan fingerprint density at radius 1 is 1.47 bits per heavy atom. The van der Waals surface area contributed by atoms with E-state index in [1.54, 1.807) is 37.1 Å². The van der Waals surface area contributed by atoms with Crippen LogP contribution in [0, 0.1) is 5.92 Å². The number of nitrogens with one attached hydrogen (secondary N) is 1. The lowest BCUT2D eigenvalue weighted by Gasteiger charge is -2.19. The number of ether oxygens (including phenoxy) is 1. The number of Topliss-reactive ketones (excluding diaryl/α,β-unsaturated/α-hetero) is 1. The van der Waals surface area contributed by atoms with E-state index >= 15 is 0 Å². The molecule has 1 aromatic rings. The van der Waals surface area contributed by atoms with Crippen molar-refractivity contribution in [3.05, 3.63) is 18.7 Å². The number of rotatable bonds is 5. The fourth-order valence-corrected chi connectivity index (χ4v) is 1.42. The Bertz CT molecular complexity index is 373. The van der Waals surface area contributed by atoms with Gasteiger partial charge in [0.2, 0.25) is 0 Å². The summed E-state index contributed by atoms with van der Waals surface area (Å²) >= 11 is 0. The van der Waals surface area contributed by atoms with Crippen LogP contribution in [0.4, 0.5) is 4.79 Å². The second-order valence-electron chi connectivity index (χ2n) is 4.01. The maximum Gasteiger partial charge on any atom is 0.407 e. The van der Waals surface area contributed by atoms with E-state index in [4.69, 9.17) is 0 Å². The number of aromatic nitrogens is 2. The fourth-order valence-electron chi connectivity index (χ4n) is 1.42. The van der Waals surface area contributed by atoms with Gasteiger partial charge in [-0.3, -0.25) is 4.79 Å². The summed E-state index contributed by atoms with van der Waals surface area (Å²) in [4.78, 5) is 27.0. The third kappa shape index (κ3) is 3.90. The summed E-state index contributed by atoms with van der Waals surface area (Å²) in [5, 5.41) is 2.53. The average molecular weight is 239 g/mol. The van der Waals surface area contributed by atoms with Crippen LogP contribution in [-0.4, -0.2) is 34.6 Å². The van der Waals surface area contributed by atoms with Crippen molar-refractivity contribution in [1.82, 2.24) is 14.9 Å². The van der Waals surface area contributed by atoms with E-state index in [1.165, 1.54) is 7.11 Å². The first kappa shape index (κ1) is 13.2. The highest BCUT2D eigenvalue weighted by atomic mass is 16.5. The van der Waals surface area contributed by atoms with Gasteiger partial charge in [0.05, 0.1) is 20.0 Å². The Kier molecular flexibility index (Phi) is 4.68. The molecule has 1 aromatic heterocycles. The molecule has 94 valence electrons. The zero-order chi connectivity index (χ0) is 12.8. The summed E-state index contributed by atoms with van der Waals surface area (Å²) in [5.41, 5.74) is 0. The quantitative estimate of drug-likeness (QED) is 0.826. The van der Waals surface area contributed by atoms with Crippen LogP contribution in [0.15, 0.2) is 18.7 Å². The van der Waals surface area contributed by atoms with Crippen molar-refractivity contribution in [3.63, 3.8) is 0 Å². The number of methoxy groups -OCH3 is 1. The van der Waals surface area contributed by atoms with Gasteiger partial charge in [-0.25, -0.2) is 9.78 Å². The number of hydrogen-bond donors (Lipinski definition) is 1. The summed E-state index contributed by atoms with van der Waals surface area (Å²) in [7, 11) is 1.27. The Morgan fingerprint density at radius 3 is 2.65 bits per heavy atom. The minimum Gasteiger partial charge on any atom is -0.453 e. The summed E-state index contributed by atoms with van der Waals surface area (Å²) < 4.78 is 6.24. The zero-order valence-electron chi connectivity index (χ0n) is 10.2. The second-order valence-corrected chi connectivity index (χ2v) is 4.01. The molecule has 0 aromatic carbocycles. The molecule has 0 radical (unpaired) electrons. The van der Waals surface area contributed by atoms with Crippen LogP contribution in [0.5, 0.6) is 0 Å². The normalized spacial score (nSPS) is 12.2. The van der Waals surface area contributed by atoms with Crippen LogP contribution in [0.3, 0.4) is 0 Å². The van der Waals surface area contributed by atoms with Crippen LogP contribution < -0.4 is 5.32 Å². The van der Waals surface area contributed by atoms with Gasteiger partial charge in [0.1, 0.15) is 6.04 Å². The molecule has 17 heavy (non-hydrogen) atoms. The molecule has 1 heterocycles. The molecule has 0 bridgehead atoms. The zero-order valence-corrected chi connectivity index (χ0v) is 10.2. The van der Waals surface area contributed by atoms with Gasteiger partial charge in [-0.15, -0.1) is 0 Å². The molecule has 0 saturated heterocycles. The second kappa shape index (κ2) is 6.03. The molecule has 0 aliphatic carbocycles. The third-order valence-electron chi connectivity index (χ3n) is 2.34. The van der Waals surface area contributed by atoms with Crippen LogP contribution >= 0.6 is 0 Å². The van der Waals surface area contributed by atoms with E-state index in [2.05, 4.69) is 15.0 Å². The van der Waals surface area contributed by atoms with Crippen LogP contribution in [0.2, 0.25) is 0 Å². The van der Waals surface area contributed by atoms with E-state index in [-0.39, 0.29) is 11.7 Å². The summed E-state index contributed by atoms with van der Waals surface area (Å²) in [5.74, 6) is -0.190. The molecule has 1 amide bonds. The predicted octanol–water partition coefficient (Wildman–Crippen LogP) is 0.833. The lowest BCUT2D eigenvalue weighted by atomic mass is 10.0. The topological polar surface area (TPSA) is 73.2 Å². The highest BCUT2D eigenvalue weighted by Gasteiger charge is 2.23. The number of carbonyl (C=O) groups excluding carboxylic acids is 2. The number of carbonyl (C=O) groups is 2. The number of nitrogens with zero attached hydrogens (tertiary/aromatic N) is 2. The van der Waals surface area contributed by atoms with Gasteiger partial charge < -0.3 is 14.6 Å². The number of amides is 1. The SMILES string of the molecule is COC(=O)N[C@@H](Cn1ccnc1)C(=O)C(C)C. The fraction of sp³-hybridized carbons (Fsp3) is 0.545. The van der Waals surface area contributed by atoms with Crippen molar-refractivity contribution in [1.29, 1.82) is 0 Å². The molecule has 6 nitrogen and oxygen atoms in total. The van der Waals surface area contributed by atoms with Crippen LogP contribution in [0.25, 0.3) is 0 Å². The van der Waals surface area contributed by atoms with Gasteiger partial charge >= 0.3 is 6.09 Å². The van der Waals surface area contributed by atoms with Crippen molar-refractivity contribution in [2.45, 2.75) is 26.4 Å². The molecule has 0 aliphatic rings. The molecule has 1 N–H and O–H groups in total. The first-order valence-electron chi connectivity index (χ1n) is 5.38. The summed E-state index contributed by atoms with van der Waals surface area (Å²) in [6.07, 6.45) is 4.35. The standard InChI is InChI=1S/C11H17N3O3/c1-8(2)10(15)9(13-11(16)17-3)6-14-5-4-12-7-14/h4-5,7-9H,6H2,1-3H3,(H,13,16)/t9-/m0/s1. The summed E-state index contributed by atoms with van der Waals surface area (Å²) in [6.45, 7) is 3.94. The molecular weight excluding hydrogens is 222 g/mol. The molecular formula is C11H17N3O3. The Morgan fingerprint density at radius 2 is 2.18 bits per heavy atom. The van der Waals surface area contributed by atoms with Crippen LogP contribution in [0.1, 0.15) is 13.8 Å². The summed E-state index contributed by atoms with van der Waals surface area (Å²) in [6, 6.07) is -0.600. The monoisotopic (exact) mass is 239 g/mol. The van der Waals surface area contributed by atoms with Crippen molar-refractivity contribution in [2.75, 3.05) is 7.11 Å². The Hall–Kier alpha value is -1.85. The van der Waals surface area contributed by atoms with E-state index in [0.717, 1.165) is 0 Å². The van der Waals surface area contributed by atoms with E-state index in [9.17, 15) is 9.59 Å². The lowest BCUT2D eigenvalue weighted by molar-refractivity contribution is -0.124. The highest BCUT2D eigenvalue weighted by molar-refractivity contribution is 5.88. The Labute approximate surface area is 100.0 Å². The molecule has 0 aliphatic heterocycles. The molecule has 0 spiro atoms. The van der Waals surface area contributed by atoms with E-state index < -0.39 is 12.1 Å². The van der Waals surface area contributed by atoms with Crippen LogP contribution in [-0.2, 0) is 16.1 Å². The largest absolute Gasteiger partial charge is 0.453 e. The predicted molar refractivity (Wildman–Crippen MR) is 61.4 cm³/mol.